The molecule has 0 aliphatic rings. The van der Waals surface area contributed by atoms with E-state index >= 15 is 0 Å². The molecule has 0 spiro atoms. The summed E-state index contributed by atoms with van der Waals surface area (Å²) in [5, 5.41) is 12.4. The van der Waals surface area contributed by atoms with Crippen LogP contribution in [-0.2, 0) is 9.36 Å². The largest absolute Gasteiger partial charge is 0.308 e. The Hall–Kier alpha value is 0.320. The molecule has 11 heavy (non-hydrogen) atoms. The predicted octanol–water partition coefficient (Wildman–Crippen LogP) is 0.835. The summed E-state index contributed by atoms with van der Waals surface area (Å²) in [6.45, 7) is 1.65. The van der Waals surface area contributed by atoms with Crippen molar-refractivity contribution in [3.8, 4) is 0 Å². The zero-order valence-corrected chi connectivity index (χ0v) is 8.47. The fourth-order valence-electron chi connectivity index (χ4n) is 0.309. The molecule has 0 aliphatic carbocycles. The number of hydrogen-bond acceptors (Lipinski definition) is 6. The van der Waals surface area contributed by atoms with Crippen LogP contribution in [0.15, 0.2) is 0 Å². The summed E-state index contributed by atoms with van der Waals surface area (Å²) in [4.78, 5) is 10.7. The van der Waals surface area contributed by atoms with Crippen molar-refractivity contribution in [3.05, 3.63) is 0 Å². The first kappa shape index (κ1) is 11.3. The van der Waals surface area contributed by atoms with Gasteiger partial charge in [-0.3, -0.25) is 24.7 Å². The molecule has 0 heterocycles. The molecule has 0 aliphatic heterocycles. The maximum Gasteiger partial charge on any atom is 0.308 e. The number of amides is 1. The van der Waals surface area contributed by atoms with E-state index in [1.165, 1.54) is 0 Å². The second-order valence-electron chi connectivity index (χ2n) is 1.60. The minimum Gasteiger partial charge on any atom is -0.289 e. The molecule has 0 saturated heterocycles. The van der Waals surface area contributed by atoms with Crippen LogP contribution < -0.4 is 15.4 Å². The maximum absolute atomic E-state index is 11.3. The van der Waals surface area contributed by atoms with Gasteiger partial charge in [-0.15, -0.1) is 0 Å². The van der Waals surface area contributed by atoms with E-state index in [1.54, 1.807) is 6.92 Å². The SMILES string of the molecule is CCC(=O)NP(=O)(SN)SN. The molecule has 0 fully saturated rings. The fourth-order valence-corrected chi connectivity index (χ4v) is 2.45. The minimum absolute atomic E-state index is 0.269. The predicted molar refractivity (Wildman–Crippen MR) is 49.6 cm³/mol. The van der Waals surface area contributed by atoms with E-state index < -0.39 is 5.70 Å². The van der Waals surface area contributed by atoms with Gasteiger partial charge in [0.2, 0.25) is 5.91 Å². The molecule has 0 atom stereocenters. The Bertz CT molecular complexity index is 179. The van der Waals surface area contributed by atoms with Gasteiger partial charge in [0.25, 0.3) is 0 Å². The monoisotopic (exact) mass is 215 g/mol. The van der Waals surface area contributed by atoms with Gasteiger partial charge in [-0.05, 0) is 0 Å². The summed E-state index contributed by atoms with van der Waals surface area (Å²) in [6, 6.07) is 0. The Kier molecular flexibility index (Phi) is 5.20. The van der Waals surface area contributed by atoms with Crippen molar-refractivity contribution < 1.29 is 9.36 Å². The van der Waals surface area contributed by atoms with Crippen molar-refractivity contribution in [1.29, 1.82) is 0 Å². The number of hydrogen-bond donors (Lipinski definition) is 3. The number of carbonyl (C=O) groups is 1. The van der Waals surface area contributed by atoms with Crippen molar-refractivity contribution in [2.24, 2.45) is 10.3 Å². The van der Waals surface area contributed by atoms with Crippen molar-refractivity contribution in [2.75, 3.05) is 0 Å². The molecule has 0 rings (SSSR count). The first-order valence-electron chi connectivity index (χ1n) is 2.76. The van der Waals surface area contributed by atoms with Crippen LogP contribution in [-0.4, -0.2) is 5.91 Å². The lowest BCUT2D eigenvalue weighted by atomic mass is 10.5. The average Bonchev–Trinajstić information content (AvgIpc) is 2.04. The van der Waals surface area contributed by atoms with Crippen LogP contribution in [0.4, 0.5) is 0 Å². The Labute approximate surface area is 73.2 Å². The highest BCUT2D eigenvalue weighted by atomic mass is 33.1. The van der Waals surface area contributed by atoms with Gasteiger partial charge in [-0.1, -0.05) is 6.92 Å². The molecular weight excluding hydrogens is 205 g/mol. The van der Waals surface area contributed by atoms with Crippen molar-refractivity contribution in [2.45, 2.75) is 13.3 Å². The second-order valence-corrected chi connectivity index (χ2v) is 8.28. The normalized spacial score (nSPS) is 11.2. The number of nitrogens with two attached hydrogens (primary N) is 2. The van der Waals surface area contributed by atoms with Gasteiger partial charge in [-0.2, -0.15) is 0 Å². The van der Waals surface area contributed by atoms with Gasteiger partial charge in [0.15, 0.2) is 0 Å². The van der Waals surface area contributed by atoms with Gasteiger partial charge < -0.3 is 0 Å². The van der Waals surface area contributed by atoms with Crippen LogP contribution in [0.25, 0.3) is 0 Å². The third kappa shape index (κ3) is 4.03. The van der Waals surface area contributed by atoms with Gasteiger partial charge >= 0.3 is 5.70 Å². The Morgan fingerprint density at radius 2 is 2.00 bits per heavy atom. The lowest BCUT2D eigenvalue weighted by molar-refractivity contribution is -0.119. The van der Waals surface area contributed by atoms with E-state index in [9.17, 15) is 9.36 Å². The Balaban J connectivity index is 4.09. The number of rotatable bonds is 4. The Morgan fingerprint density at radius 3 is 2.27 bits per heavy atom. The molecule has 0 saturated carbocycles. The first-order chi connectivity index (χ1) is 5.08. The maximum atomic E-state index is 11.3. The first-order valence-corrected chi connectivity index (χ1v) is 7.43. The van der Waals surface area contributed by atoms with Crippen molar-refractivity contribution >= 4 is 34.7 Å². The lowest BCUT2D eigenvalue weighted by Gasteiger charge is -2.11. The average molecular weight is 215 g/mol. The molecule has 1 amide bonds. The molecule has 0 aromatic heterocycles. The van der Waals surface area contributed by atoms with Crippen LogP contribution in [0.1, 0.15) is 13.3 Å². The fraction of sp³-hybridized carbons (Fsp3) is 0.667. The van der Waals surface area contributed by atoms with E-state index in [0.717, 1.165) is 0 Å². The van der Waals surface area contributed by atoms with Gasteiger partial charge in [0.1, 0.15) is 0 Å². The molecule has 66 valence electrons. The van der Waals surface area contributed by atoms with E-state index in [2.05, 4.69) is 5.09 Å². The summed E-state index contributed by atoms with van der Waals surface area (Å²) in [5.41, 5.74) is -2.96. The van der Waals surface area contributed by atoms with Gasteiger partial charge in [-0.25, -0.2) is 0 Å². The van der Waals surface area contributed by atoms with Crippen molar-refractivity contribution in [3.63, 3.8) is 0 Å². The topological polar surface area (TPSA) is 98.2 Å². The highest BCUT2D eigenvalue weighted by molar-refractivity contribution is 8.89. The molecule has 0 radical (unpaired) electrons. The third-order valence-electron chi connectivity index (χ3n) is 0.860. The number of carbonyl (C=O) groups excluding carboxylic acids is 1. The Morgan fingerprint density at radius 1 is 1.55 bits per heavy atom. The van der Waals surface area contributed by atoms with Gasteiger partial charge in [0, 0.05) is 29.6 Å². The summed E-state index contributed by atoms with van der Waals surface area (Å²) >= 11 is 1.15. The standard InChI is InChI=1S/C3H10N3O2PS2/c1-2-3(7)6-9(8,10-4)11-5/h2,4-5H2,1H3,(H,6,7,8). The summed E-state index contributed by atoms with van der Waals surface area (Å²) < 4.78 is 11.3. The van der Waals surface area contributed by atoms with Gasteiger partial charge in [0.05, 0.1) is 0 Å². The molecule has 0 unspecified atom stereocenters. The molecule has 0 bridgehead atoms. The summed E-state index contributed by atoms with van der Waals surface area (Å²) in [7, 11) is 0. The molecular formula is C3H10N3O2PS2. The highest BCUT2D eigenvalue weighted by Crippen LogP contribution is 2.60. The van der Waals surface area contributed by atoms with E-state index in [1.807, 2.05) is 0 Å². The van der Waals surface area contributed by atoms with Crippen LogP contribution in [0.3, 0.4) is 0 Å². The van der Waals surface area contributed by atoms with Crippen LogP contribution in [0.5, 0.6) is 0 Å². The quantitative estimate of drug-likeness (QED) is 0.474. The van der Waals surface area contributed by atoms with E-state index in [0.29, 0.717) is 23.1 Å². The van der Waals surface area contributed by atoms with Crippen LogP contribution in [0, 0.1) is 0 Å². The molecule has 8 heteroatoms. The lowest BCUT2D eigenvalue weighted by Crippen LogP contribution is -2.17. The zero-order chi connectivity index (χ0) is 8.91. The molecule has 0 aromatic rings. The molecule has 5 nitrogen and oxygen atoms in total. The van der Waals surface area contributed by atoms with E-state index in [4.69, 9.17) is 10.3 Å². The molecule has 0 aromatic carbocycles. The summed E-state index contributed by atoms with van der Waals surface area (Å²) in [6.07, 6.45) is 0.269. The van der Waals surface area contributed by atoms with Crippen molar-refractivity contribution in [1.82, 2.24) is 5.09 Å². The zero-order valence-electron chi connectivity index (χ0n) is 5.94. The smallest absolute Gasteiger partial charge is 0.289 e. The minimum atomic E-state index is -2.96. The van der Waals surface area contributed by atoms with Crippen LogP contribution in [0.2, 0.25) is 0 Å². The van der Waals surface area contributed by atoms with Crippen LogP contribution >= 0.6 is 28.8 Å². The second kappa shape index (κ2) is 5.05. The third-order valence-corrected chi connectivity index (χ3v) is 5.70. The van der Waals surface area contributed by atoms with E-state index in [-0.39, 0.29) is 12.3 Å². The highest BCUT2D eigenvalue weighted by Gasteiger charge is 2.22. The summed E-state index contributed by atoms with van der Waals surface area (Å²) in [5.74, 6) is -0.316. The molecule has 5 N–H and O–H groups in total. The number of nitrogens with one attached hydrogen (secondary N) is 1.